The number of amides is 2. The van der Waals surface area contributed by atoms with Crippen molar-refractivity contribution in [3.63, 3.8) is 0 Å². The molecule has 9 nitrogen and oxygen atoms in total. The molecular formula is C25H21N5O4. The van der Waals surface area contributed by atoms with Crippen molar-refractivity contribution >= 4 is 17.5 Å². The van der Waals surface area contributed by atoms with Gasteiger partial charge in [0.2, 0.25) is 0 Å². The van der Waals surface area contributed by atoms with Crippen LogP contribution in [0.2, 0.25) is 0 Å². The summed E-state index contributed by atoms with van der Waals surface area (Å²) >= 11 is 0. The van der Waals surface area contributed by atoms with Crippen LogP contribution in [0, 0.1) is 0 Å². The number of hydrogen-bond acceptors (Lipinski definition) is 5. The quantitative estimate of drug-likeness (QED) is 0.463. The summed E-state index contributed by atoms with van der Waals surface area (Å²) in [6.45, 7) is 0.686. The Balaban J connectivity index is 1.36. The molecule has 0 bridgehead atoms. The van der Waals surface area contributed by atoms with Crippen LogP contribution in [0.1, 0.15) is 33.0 Å². The molecule has 3 heterocycles. The number of nitrogens with one attached hydrogen (secondary N) is 1. The molecule has 0 unspecified atom stereocenters. The van der Waals surface area contributed by atoms with Gasteiger partial charge in [-0.2, -0.15) is 0 Å². The highest BCUT2D eigenvalue weighted by Crippen LogP contribution is 2.25. The second-order valence-corrected chi connectivity index (χ2v) is 7.82. The Hall–Kier alpha value is -4.66. The number of pyridine rings is 1. The third-order valence-corrected chi connectivity index (χ3v) is 5.59. The van der Waals surface area contributed by atoms with E-state index in [1.807, 2.05) is 35.0 Å². The van der Waals surface area contributed by atoms with Gasteiger partial charge in [-0.05, 0) is 55.3 Å². The highest BCUT2D eigenvalue weighted by atomic mass is 16.5. The van der Waals surface area contributed by atoms with Gasteiger partial charge in [-0.3, -0.25) is 24.0 Å². The second kappa shape index (κ2) is 8.70. The average molecular weight is 455 g/mol. The van der Waals surface area contributed by atoms with Crippen molar-refractivity contribution in [2.75, 3.05) is 5.32 Å². The fraction of sp³-hybridized carbons (Fsp3) is 0.120. The normalized spacial score (nSPS) is 12.2. The highest BCUT2D eigenvalue weighted by Gasteiger charge is 2.28. The summed E-state index contributed by atoms with van der Waals surface area (Å²) in [5.74, 6) is -0.187. The minimum Gasteiger partial charge on any atom is -0.457 e. The molecule has 170 valence electrons. The number of hydrogen-bond donors (Lipinski definition) is 2. The van der Waals surface area contributed by atoms with Crippen molar-refractivity contribution < 1.29 is 14.3 Å². The van der Waals surface area contributed by atoms with E-state index in [1.54, 1.807) is 35.0 Å². The first-order valence-corrected chi connectivity index (χ1v) is 10.8. The van der Waals surface area contributed by atoms with Crippen LogP contribution < -0.4 is 21.3 Å². The van der Waals surface area contributed by atoms with Crippen LogP contribution in [0.3, 0.4) is 0 Å². The zero-order chi connectivity index (χ0) is 23.7. The van der Waals surface area contributed by atoms with Crippen LogP contribution in [0.5, 0.6) is 11.5 Å². The monoisotopic (exact) mass is 455 g/mol. The molecule has 0 fully saturated rings. The number of nitrogens with zero attached hydrogens (tertiary/aromatic N) is 3. The van der Waals surface area contributed by atoms with Gasteiger partial charge < -0.3 is 15.8 Å². The van der Waals surface area contributed by atoms with Gasteiger partial charge >= 0.3 is 0 Å². The number of para-hydroxylation sites is 1. The smallest absolute Gasteiger partial charge is 0.284 e. The number of carbonyl (C=O) groups is 2. The first-order valence-electron chi connectivity index (χ1n) is 10.8. The predicted octanol–water partition coefficient (Wildman–Crippen LogP) is 3.12. The molecule has 0 aliphatic carbocycles. The number of aromatic nitrogens is 3. The van der Waals surface area contributed by atoms with E-state index in [-0.39, 0.29) is 16.8 Å². The first-order chi connectivity index (χ1) is 16.5. The number of primary amides is 1. The van der Waals surface area contributed by atoms with E-state index in [0.29, 0.717) is 30.2 Å². The van der Waals surface area contributed by atoms with E-state index in [1.165, 1.54) is 12.3 Å². The Kier molecular flexibility index (Phi) is 5.43. The van der Waals surface area contributed by atoms with Gasteiger partial charge in [0.1, 0.15) is 22.8 Å². The van der Waals surface area contributed by atoms with Gasteiger partial charge in [-0.25, -0.2) is 4.68 Å². The van der Waals surface area contributed by atoms with Crippen LogP contribution in [0.15, 0.2) is 77.7 Å². The summed E-state index contributed by atoms with van der Waals surface area (Å²) in [6.07, 6.45) is 2.98. The molecule has 2 aromatic heterocycles. The molecule has 1 aliphatic rings. The summed E-state index contributed by atoms with van der Waals surface area (Å²) in [5.41, 5.74) is 7.17. The SMILES string of the molecule is NC(=O)c1cc(Oc2ccc(NC(=O)c3c4n(n(-c5ccccc5)c3=O)CCC4)cc2)ccn1. The summed E-state index contributed by atoms with van der Waals surface area (Å²) < 4.78 is 9.19. The molecule has 5 rings (SSSR count). The molecule has 34 heavy (non-hydrogen) atoms. The maximum absolute atomic E-state index is 13.2. The van der Waals surface area contributed by atoms with E-state index in [2.05, 4.69) is 10.3 Å². The van der Waals surface area contributed by atoms with Crippen LogP contribution in [0.25, 0.3) is 5.69 Å². The van der Waals surface area contributed by atoms with Crippen LogP contribution in [-0.2, 0) is 13.0 Å². The predicted molar refractivity (Wildman–Crippen MR) is 126 cm³/mol. The zero-order valence-electron chi connectivity index (χ0n) is 18.1. The molecule has 4 aromatic rings. The lowest BCUT2D eigenvalue weighted by Crippen LogP contribution is -2.26. The average Bonchev–Trinajstić information content (AvgIpc) is 3.40. The molecule has 0 saturated carbocycles. The Morgan fingerprint density at radius 3 is 2.50 bits per heavy atom. The van der Waals surface area contributed by atoms with Crippen molar-refractivity contribution in [2.24, 2.45) is 5.73 Å². The fourth-order valence-corrected chi connectivity index (χ4v) is 4.07. The van der Waals surface area contributed by atoms with Gasteiger partial charge in [0, 0.05) is 24.5 Å². The van der Waals surface area contributed by atoms with Crippen LogP contribution in [-0.4, -0.2) is 26.2 Å². The standard InChI is InChI=1S/C25H21N5O4/c26-23(31)20-15-19(12-13-27-20)34-18-10-8-16(9-11-18)28-24(32)22-21-7-4-14-29(21)30(25(22)33)17-5-2-1-3-6-17/h1-3,5-6,8-13,15H,4,7,14H2,(H2,26,31)(H,28,32). The van der Waals surface area contributed by atoms with Crippen LogP contribution >= 0.6 is 0 Å². The van der Waals surface area contributed by atoms with Crippen molar-refractivity contribution in [1.82, 2.24) is 14.3 Å². The Bertz CT molecular complexity index is 1440. The van der Waals surface area contributed by atoms with Gasteiger partial charge in [0.15, 0.2) is 0 Å². The number of carbonyl (C=O) groups excluding carboxylic acids is 2. The molecule has 2 amide bonds. The third-order valence-electron chi connectivity index (χ3n) is 5.59. The highest BCUT2D eigenvalue weighted by molar-refractivity contribution is 6.05. The van der Waals surface area contributed by atoms with Gasteiger partial charge in [0.25, 0.3) is 17.4 Å². The first kappa shape index (κ1) is 21.2. The molecule has 0 spiro atoms. The summed E-state index contributed by atoms with van der Waals surface area (Å²) in [6, 6.07) is 19.1. The number of benzene rings is 2. The van der Waals surface area contributed by atoms with Gasteiger partial charge in [0.05, 0.1) is 11.4 Å². The largest absolute Gasteiger partial charge is 0.457 e. The summed E-state index contributed by atoms with van der Waals surface area (Å²) in [5, 5.41) is 2.82. The number of anilines is 1. The molecule has 0 radical (unpaired) electrons. The zero-order valence-corrected chi connectivity index (χ0v) is 18.1. The molecule has 0 atom stereocenters. The Labute approximate surface area is 194 Å². The van der Waals surface area contributed by atoms with E-state index >= 15 is 0 Å². The topological polar surface area (TPSA) is 121 Å². The molecule has 0 saturated heterocycles. The van der Waals surface area contributed by atoms with Crippen molar-refractivity contribution in [3.8, 4) is 17.2 Å². The van der Waals surface area contributed by atoms with Gasteiger partial charge in [-0.1, -0.05) is 18.2 Å². The molecule has 3 N–H and O–H groups in total. The lowest BCUT2D eigenvalue weighted by atomic mass is 10.1. The Morgan fingerprint density at radius 2 is 1.76 bits per heavy atom. The Morgan fingerprint density at radius 1 is 1.00 bits per heavy atom. The van der Waals surface area contributed by atoms with E-state index < -0.39 is 11.8 Å². The van der Waals surface area contributed by atoms with Crippen molar-refractivity contribution in [1.29, 1.82) is 0 Å². The van der Waals surface area contributed by atoms with Gasteiger partial charge in [-0.15, -0.1) is 0 Å². The molecular weight excluding hydrogens is 434 g/mol. The molecule has 1 aliphatic heterocycles. The maximum Gasteiger partial charge on any atom is 0.284 e. The minimum absolute atomic E-state index is 0.0997. The number of ether oxygens (including phenoxy) is 1. The minimum atomic E-state index is -0.646. The third kappa shape index (κ3) is 3.95. The lowest BCUT2D eigenvalue weighted by molar-refractivity contribution is 0.0993. The fourth-order valence-electron chi connectivity index (χ4n) is 4.07. The van der Waals surface area contributed by atoms with E-state index in [9.17, 15) is 14.4 Å². The summed E-state index contributed by atoms with van der Waals surface area (Å²) in [7, 11) is 0. The summed E-state index contributed by atoms with van der Waals surface area (Å²) in [4.78, 5) is 41.5. The maximum atomic E-state index is 13.2. The number of rotatable bonds is 6. The molecule has 2 aromatic carbocycles. The van der Waals surface area contributed by atoms with Crippen LogP contribution in [0.4, 0.5) is 5.69 Å². The number of nitrogens with two attached hydrogens (primary N) is 1. The van der Waals surface area contributed by atoms with Crippen molar-refractivity contribution in [2.45, 2.75) is 19.4 Å². The second-order valence-electron chi connectivity index (χ2n) is 7.82. The molecule has 9 heteroatoms. The number of fused-ring (bicyclic) bond motifs is 1. The van der Waals surface area contributed by atoms with E-state index in [0.717, 1.165) is 17.8 Å². The van der Waals surface area contributed by atoms with E-state index in [4.69, 9.17) is 10.5 Å². The van der Waals surface area contributed by atoms with Crippen molar-refractivity contribution in [3.05, 3.63) is 100 Å². The lowest BCUT2D eigenvalue weighted by Gasteiger charge is -2.08.